The molecule has 206 valence electrons. The molecule has 0 bridgehead atoms. The standard InChI is InChI=1S/C27H26FN7O4S/c1-33(2)40(36,37)35-13-12-29-25(35)17-34(22-14-19(38-3)15-23(39-4)26(22)28)24-11-10-20-27(32-24)31-21(16-30-20)18-8-6-5-7-9-18/h5-16H,17H2,1-4H3. The molecule has 0 saturated heterocycles. The summed E-state index contributed by atoms with van der Waals surface area (Å²) in [4.78, 5) is 19.6. The van der Waals surface area contributed by atoms with Crippen LogP contribution < -0.4 is 14.4 Å². The van der Waals surface area contributed by atoms with Crippen molar-refractivity contribution in [1.82, 2.24) is 28.2 Å². The maximum absolute atomic E-state index is 15.8. The van der Waals surface area contributed by atoms with E-state index in [1.807, 2.05) is 30.3 Å². The number of anilines is 2. The molecule has 13 heteroatoms. The first kappa shape index (κ1) is 27.0. The molecule has 0 amide bonds. The third kappa shape index (κ3) is 5.03. The second-order valence-corrected chi connectivity index (χ2v) is 10.8. The van der Waals surface area contributed by atoms with Crippen LogP contribution in [0.2, 0.25) is 0 Å². The Hall–Kier alpha value is -4.62. The third-order valence-electron chi connectivity index (χ3n) is 6.17. The number of ether oxygens (including phenoxy) is 2. The SMILES string of the molecule is COc1cc(OC)c(F)c(N(Cc2nccn2S(=O)(=O)N(C)C)c2ccc3ncc(-c4ccccc4)nc3n2)c1. The summed E-state index contributed by atoms with van der Waals surface area (Å²) in [6.07, 6.45) is 4.35. The fraction of sp³-hybridized carbons (Fsp3) is 0.185. The second kappa shape index (κ2) is 10.9. The highest BCUT2D eigenvalue weighted by Crippen LogP contribution is 2.37. The lowest BCUT2D eigenvalue weighted by Gasteiger charge is -2.26. The minimum Gasteiger partial charge on any atom is -0.497 e. The molecule has 3 aromatic heterocycles. The Morgan fingerprint density at radius 3 is 2.45 bits per heavy atom. The van der Waals surface area contributed by atoms with Crippen molar-refractivity contribution in [3.8, 4) is 22.8 Å². The van der Waals surface area contributed by atoms with Gasteiger partial charge in [0.15, 0.2) is 17.2 Å². The van der Waals surface area contributed by atoms with E-state index in [2.05, 4.69) is 15.0 Å². The molecule has 0 aliphatic carbocycles. The molecule has 0 radical (unpaired) electrons. The van der Waals surface area contributed by atoms with E-state index < -0.39 is 16.0 Å². The van der Waals surface area contributed by atoms with E-state index in [1.165, 1.54) is 57.7 Å². The molecule has 40 heavy (non-hydrogen) atoms. The Kier molecular flexibility index (Phi) is 7.32. The van der Waals surface area contributed by atoms with Gasteiger partial charge < -0.3 is 14.4 Å². The molecule has 0 aliphatic heterocycles. The monoisotopic (exact) mass is 563 g/mol. The fourth-order valence-electron chi connectivity index (χ4n) is 4.06. The van der Waals surface area contributed by atoms with Crippen molar-refractivity contribution in [2.24, 2.45) is 0 Å². The van der Waals surface area contributed by atoms with E-state index in [0.29, 0.717) is 22.6 Å². The summed E-state index contributed by atoms with van der Waals surface area (Å²) >= 11 is 0. The Bertz CT molecular complexity index is 1780. The van der Waals surface area contributed by atoms with Crippen LogP contribution in [0.15, 0.2) is 73.2 Å². The number of aromatic nitrogens is 5. The van der Waals surface area contributed by atoms with Crippen LogP contribution in [0.3, 0.4) is 0 Å². The van der Waals surface area contributed by atoms with E-state index in [0.717, 1.165) is 13.8 Å². The molecular weight excluding hydrogens is 537 g/mol. The van der Waals surface area contributed by atoms with E-state index in [-0.39, 0.29) is 29.6 Å². The van der Waals surface area contributed by atoms with Crippen LogP contribution in [0.5, 0.6) is 11.5 Å². The van der Waals surface area contributed by atoms with Crippen LogP contribution in [0.1, 0.15) is 5.82 Å². The van der Waals surface area contributed by atoms with E-state index in [4.69, 9.17) is 14.5 Å². The summed E-state index contributed by atoms with van der Waals surface area (Å²) in [5, 5.41) is 0. The van der Waals surface area contributed by atoms with Gasteiger partial charge in [-0.2, -0.15) is 12.7 Å². The maximum atomic E-state index is 15.8. The van der Waals surface area contributed by atoms with Crippen LogP contribution in [0, 0.1) is 5.82 Å². The van der Waals surface area contributed by atoms with Gasteiger partial charge in [-0.15, -0.1) is 0 Å². The first-order valence-electron chi connectivity index (χ1n) is 12.1. The molecule has 2 aromatic carbocycles. The highest BCUT2D eigenvalue weighted by atomic mass is 32.2. The van der Waals surface area contributed by atoms with Crippen molar-refractivity contribution in [3.63, 3.8) is 0 Å². The van der Waals surface area contributed by atoms with Crippen LogP contribution >= 0.6 is 0 Å². The number of imidazole rings is 1. The lowest BCUT2D eigenvalue weighted by molar-refractivity contribution is 0.374. The number of fused-ring (bicyclic) bond motifs is 1. The first-order valence-corrected chi connectivity index (χ1v) is 13.5. The summed E-state index contributed by atoms with van der Waals surface area (Å²) in [5.41, 5.74) is 2.37. The normalized spacial score (nSPS) is 11.7. The van der Waals surface area contributed by atoms with Crippen molar-refractivity contribution >= 4 is 32.9 Å². The number of nitrogens with zero attached hydrogens (tertiary/aromatic N) is 7. The molecule has 5 aromatic rings. The van der Waals surface area contributed by atoms with Gasteiger partial charge in [0, 0.05) is 44.2 Å². The third-order valence-corrected chi connectivity index (χ3v) is 7.92. The summed E-state index contributed by atoms with van der Waals surface area (Å²) in [7, 11) is 1.72. The lowest BCUT2D eigenvalue weighted by Crippen LogP contribution is -2.31. The molecule has 0 unspecified atom stereocenters. The zero-order valence-electron chi connectivity index (χ0n) is 22.2. The minimum absolute atomic E-state index is 0.0343. The van der Waals surface area contributed by atoms with Gasteiger partial charge in [0.1, 0.15) is 22.9 Å². The van der Waals surface area contributed by atoms with Crippen molar-refractivity contribution in [1.29, 1.82) is 0 Å². The number of hydrogen-bond acceptors (Lipinski definition) is 9. The average Bonchev–Trinajstić information content (AvgIpc) is 3.45. The molecule has 0 fully saturated rings. The highest BCUT2D eigenvalue weighted by Gasteiger charge is 2.26. The Balaban J connectivity index is 1.69. The molecule has 0 atom stereocenters. The second-order valence-electron chi connectivity index (χ2n) is 8.81. The van der Waals surface area contributed by atoms with Gasteiger partial charge >= 0.3 is 10.2 Å². The molecule has 0 spiro atoms. The number of methoxy groups -OCH3 is 2. The van der Waals surface area contributed by atoms with Gasteiger partial charge in [-0.1, -0.05) is 30.3 Å². The van der Waals surface area contributed by atoms with Gasteiger partial charge in [-0.05, 0) is 12.1 Å². The number of benzene rings is 2. The zero-order valence-corrected chi connectivity index (χ0v) is 23.0. The topological polar surface area (TPSA) is 116 Å². The summed E-state index contributed by atoms with van der Waals surface area (Å²) in [5.74, 6) is -0.0215. The maximum Gasteiger partial charge on any atom is 0.308 e. The van der Waals surface area contributed by atoms with E-state index in [9.17, 15) is 8.42 Å². The highest BCUT2D eigenvalue weighted by molar-refractivity contribution is 7.87. The van der Waals surface area contributed by atoms with Gasteiger partial charge in [0.25, 0.3) is 0 Å². The zero-order chi connectivity index (χ0) is 28.4. The van der Waals surface area contributed by atoms with Crippen LogP contribution in [-0.2, 0) is 16.8 Å². The molecule has 3 heterocycles. The van der Waals surface area contributed by atoms with Crippen LogP contribution in [0.25, 0.3) is 22.4 Å². The van der Waals surface area contributed by atoms with Crippen LogP contribution in [0.4, 0.5) is 15.9 Å². The molecule has 5 rings (SSSR count). The van der Waals surface area contributed by atoms with Gasteiger partial charge in [0.2, 0.25) is 0 Å². The molecule has 0 saturated carbocycles. The Morgan fingerprint density at radius 1 is 0.975 bits per heavy atom. The van der Waals surface area contributed by atoms with Crippen molar-refractivity contribution in [2.45, 2.75) is 6.54 Å². The minimum atomic E-state index is -3.91. The van der Waals surface area contributed by atoms with Gasteiger partial charge in [-0.25, -0.2) is 23.3 Å². The van der Waals surface area contributed by atoms with Crippen LogP contribution in [-0.4, -0.2) is 64.9 Å². The summed E-state index contributed by atoms with van der Waals surface area (Å²) in [6, 6.07) is 15.8. The summed E-state index contributed by atoms with van der Waals surface area (Å²) in [6.45, 7) is -0.169. The Morgan fingerprint density at radius 2 is 1.75 bits per heavy atom. The van der Waals surface area contributed by atoms with E-state index >= 15 is 4.39 Å². The molecule has 0 N–H and O–H groups in total. The lowest BCUT2D eigenvalue weighted by atomic mass is 10.2. The molecule has 0 aliphatic rings. The smallest absolute Gasteiger partial charge is 0.308 e. The van der Waals surface area contributed by atoms with Crippen molar-refractivity contribution in [3.05, 3.63) is 84.8 Å². The number of hydrogen-bond donors (Lipinski definition) is 0. The quantitative estimate of drug-likeness (QED) is 0.262. The predicted molar refractivity (Wildman–Crippen MR) is 148 cm³/mol. The predicted octanol–water partition coefficient (Wildman–Crippen LogP) is 4.04. The summed E-state index contributed by atoms with van der Waals surface area (Å²) < 4.78 is 54.4. The molecular formula is C27H26FN7O4S. The first-order chi connectivity index (χ1) is 19.2. The van der Waals surface area contributed by atoms with E-state index in [1.54, 1.807) is 18.3 Å². The fourth-order valence-corrected chi connectivity index (χ4v) is 4.99. The van der Waals surface area contributed by atoms with Gasteiger partial charge in [-0.3, -0.25) is 4.98 Å². The van der Waals surface area contributed by atoms with Crippen molar-refractivity contribution in [2.75, 3.05) is 33.2 Å². The largest absolute Gasteiger partial charge is 0.497 e. The Labute approximate surface area is 230 Å². The van der Waals surface area contributed by atoms with Crippen molar-refractivity contribution < 1.29 is 22.3 Å². The average molecular weight is 564 g/mol. The molecule has 11 nitrogen and oxygen atoms in total. The van der Waals surface area contributed by atoms with Gasteiger partial charge in [0.05, 0.1) is 38.3 Å². The number of halogens is 1. The number of rotatable bonds is 9. The number of pyridine rings is 1.